The van der Waals surface area contributed by atoms with Crippen molar-refractivity contribution in [3.8, 4) is 0 Å². The van der Waals surface area contributed by atoms with Crippen molar-refractivity contribution in [2.24, 2.45) is 5.92 Å². The van der Waals surface area contributed by atoms with E-state index >= 15 is 0 Å². The molecule has 1 aromatic heterocycles. The van der Waals surface area contributed by atoms with Gasteiger partial charge in [0.2, 0.25) is 0 Å². The van der Waals surface area contributed by atoms with E-state index in [4.69, 9.17) is 17.0 Å². The molecule has 4 rings (SSSR count). The summed E-state index contributed by atoms with van der Waals surface area (Å²) in [6.45, 7) is 2.26. The number of carbonyl (C=O) groups is 1. The zero-order valence-electron chi connectivity index (χ0n) is 13.2. The van der Waals surface area contributed by atoms with Gasteiger partial charge in [0.05, 0.1) is 17.5 Å². The van der Waals surface area contributed by atoms with Crippen molar-refractivity contribution in [2.75, 3.05) is 19.8 Å². The van der Waals surface area contributed by atoms with Gasteiger partial charge in [0.1, 0.15) is 0 Å². The van der Waals surface area contributed by atoms with Crippen molar-refractivity contribution in [3.63, 3.8) is 0 Å². The van der Waals surface area contributed by atoms with Crippen molar-refractivity contribution in [3.05, 3.63) is 38.9 Å². The van der Waals surface area contributed by atoms with Crippen molar-refractivity contribution < 1.29 is 9.53 Å². The quantitative estimate of drug-likeness (QED) is 0.833. The monoisotopic (exact) mass is 345 g/mol. The molecular weight excluding hydrogens is 326 g/mol. The first-order chi connectivity index (χ1) is 11.6. The van der Waals surface area contributed by atoms with Crippen LogP contribution >= 0.6 is 12.2 Å². The number of rotatable bonds is 4. The number of fused-ring (bicyclic) bond motifs is 1. The van der Waals surface area contributed by atoms with Crippen LogP contribution < -0.4 is 5.56 Å². The lowest BCUT2D eigenvalue weighted by Crippen LogP contribution is -2.37. The number of hydrogen-bond donors (Lipinski definition) is 2. The maximum Gasteiger partial charge on any atom is 0.259 e. The molecule has 1 aromatic carbocycles. The fourth-order valence-corrected chi connectivity index (χ4v) is 3.46. The Hall–Kier alpha value is -1.99. The molecule has 0 bridgehead atoms. The van der Waals surface area contributed by atoms with Gasteiger partial charge in [-0.25, -0.2) is 0 Å². The minimum atomic E-state index is -0.241. The second-order valence-corrected chi connectivity index (χ2v) is 7.00. The highest BCUT2D eigenvalue weighted by Gasteiger charge is 2.35. The van der Waals surface area contributed by atoms with E-state index in [-0.39, 0.29) is 16.2 Å². The zero-order valence-corrected chi connectivity index (χ0v) is 14.0. The van der Waals surface area contributed by atoms with E-state index in [0.717, 1.165) is 39.0 Å². The van der Waals surface area contributed by atoms with E-state index in [2.05, 4.69) is 9.97 Å². The third kappa shape index (κ3) is 3.01. The minimum absolute atomic E-state index is 0.0194. The molecule has 0 spiro atoms. The Kier molecular flexibility index (Phi) is 3.97. The van der Waals surface area contributed by atoms with Crippen LogP contribution in [0.25, 0.3) is 10.9 Å². The number of nitrogens with zero attached hydrogens (tertiary/aromatic N) is 1. The van der Waals surface area contributed by atoms with Gasteiger partial charge in [-0.05, 0) is 49.7 Å². The summed E-state index contributed by atoms with van der Waals surface area (Å²) in [6, 6.07) is 5.46. The maximum absolute atomic E-state index is 13.0. The first kappa shape index (κ1) is 15.5. The molecule has 2 N–H and O–H groups in total. The molecular formula is C17H19N3O3S. The van der Waals surface area contributed by atoms with Gasteiger partial charge in [-0.15, -0.1) is 0 Å². The first-order valence-electron chi connectivity index (χ1n) is 8.27. The van der Waals surface area contributed by atoms with Gasteiger partial charge in [0, 0.05) is 30.7 Å². The molecule has 6 nitrogen and oxygen atoms in total. The van der Waals surface area contributed by atoms with Gasteiger partial charge in [-0.2, -0.15) is 0 Å². The largest absolute Gasteiger partial charge is 0.381 e. The van der Waals surface area contributed by atoms with Crippen molar-refractivity contribution in [1.82, 2.24) is 14.9 Å². The highest BCUT2D eigenvalue weighted by molar-refractivity contribution is 7.71. The Balaban J connectivity index is 1.65. The summed E-state index contributed by atoms with van der Waals surface area (Å²) in [5, 5.41) is 0.502. The van der Waals surface area contributed by atoms with E-state index in [9.17, 15) is 9.59 Å². The summed E-state index contributed by atoms with van der Waals surface area (Å²) >= 11 is 5.01. The molecule has 24 heavy (non-hydrogen) atoms. The molecule has 1 atom stereocenters. The van der Waals surface area contributed by atoms with Gasteiger partial charge in [0.25, 0.3) is 11.5 Å². The maximum atomic E-state index is 13.0. The lowest BCUT2D eigenvalue weighted by Gasteiger charge is -2.25. The summed E-state index contributed by atoms with van der Waals surface area (Å²) in [6.07, 6.45) is 3.14. The topological polar surface area (TPSA) is 78.2 Å². The number of nitrogens with one attached hydrogen (secondary N) is 2. The smallest absolute Gasteiger partial charge is 0.259 e. The molecule has 126 valence electrons. The number of benzene rings is 1. The summed E-state index contributed by atoms with van der Waals surface area (Å²) in [5.41, 5.74) is 0.939. The second kappa shape index (κ2) is 6.14. The van der Waals surface area contributed by atoms with Crippen LogP contribution in [0.2, 0.25) is 0 Å². The molecule has 1 saturated heterocycles. The van der Waals surface area contributed by atoms with Crippen molar-refractivity contribution >= 4 is 29.0 Å². The van der Waals surface area contributed by atoms with Crippen LogP contribution in [0.4, 0.5) is 0 Å². The number of aromatic amines is 2. The lowest BCUT2D eigenvalue weighted by molar-refractivity contribution is 0.0706. The summed E-state index contributed by atoms with van der Waals surface area (Å²) in [7, 11) is 0. The van der Waals surface area contributed by atoms with Gasteiger partial charge < -0.3 is 14.6 Å². The molecule has 0 radical (unpaired) electrons. The average molecular weight is 345 g/mol. The molecule has 2 fully saturated rings. The standard InChI is InChI=1S/C17H19N3O3S/c21-15-13-4-1-11(7-14(13)18-17(24)19-15)16(22)20(12-2-3-12)8-10-5-6-23-9-10/h1,4,7,10,12H,2-3,5-6,8-9H2,(H2,18,19,21,24). The number of carbonyl (C=O) groups excluding carboxylic acids is 1. The Morgan fingerprint density at radius 2 is 2.12 bits per heavy atom. The van der Waals surface area contributed by atoms with Crippen LogP contribution in [0, 0.1) is 10.7 Å². The van der Waals surface area contributed by atoms with E-state index in [1.54, 1.807) is 18.2 Å². The van der Waals surface area contributed by atoms with Crippen LogP contribution in [0.15, 0.2) is 23.0 Å². The SMILES string of the molecule is O=C(c1ccc2c(=O)[nH]c(=S)[nH]c2c1)N(CC1CCOC1)C1CC1. The molecule has 7 heteroatoms. The molecule has 2 aromatic rings. The van der Waals surface area contributed by atoms with Crippen molar-refractivity contribution in [2.45, 2.75) is 25.3 Å². The lowest BCUT2D eigenvalue weighted by atomic mass is 10.1. The predicted octanol–water partition coefficient (Wildman–Crippen LogP) is 2.23. The molecule has 2 heterocycles. The third-order valence-electron chi connectivity index (χ3n) is 4.71. The number of hydrogen-bond acceptors (Lipinski definition) is 4. The van der Waals surface area contributed by atoms with Gasteiger partial charge >= 0.3 is 0 Å². The van der Waals surface area contributed by atoms with Crippen molar-refractivity contribution in [1.29, 1.82) is 0 Å². The zero-order chi connectivity index (χ0) is 16.7. The summed E-state index contributed by atoms with van der Waals surface area (Å²) < 4.78 is 5.70. The number of aromatic nitrogens is 2. The van der Waals surface area contributed by atoms with Gasteiger partial charge in [-0.1, -0.05) is 0 Å². The molecule has 1 aliphatic carbocycles. The van der Waals surface area contributed by atoms with Crippen LogP contribution in [0.1, 0.15) is 29.6 Å². The van der Waals surface area contributed by atoms with E-state index in [1.165, 1.54) is 0 Å². The number of H-pyrrole nitrogens is 2. The minimum Gasteiger partial charge on any atom is -0.381 e. The fraction of sp³-hybridized carbons (Fsp3) is 0.471. The van der Waals surface area contributed by atoms with E-state index in [1.807, 2.05) is 4.90 Å². The Morgan fingerprint density at radius 3 is 2.83 bits per heavy atom. The third-order valence-corrected chi connectivity index (χ3v) is 4.92. The highest BCUT2D eigenvalue weighted by Crippen LogP contribution is 2.30. The van der Waals surface area contributed by atoms with Gasteiger partial charge in [-0.3, -0.25) is 14.6 Å². The molecule has 1 unspecified atom stereocenters. The normalized spacial score (nSPS) is 20.4. The van der Waals surface area contributed by atoms with E-state index in [0.29, 0.717) is 28.4 Å². The van der Waals surface area contributed by atoms with E-state index < -0.39 is 0 Å². The van der Waals surface area contributed by atoms with Crippen LogP contribution in [0.3, 0.4) is 0 Å². The molecule has 2 aliphatic rings. The average Bonchev–Trinajstić information content (AvgIpc) is 3.27. The van der Waals surface area contributed by atoms with Crippen LogP contribution in [-0.2, 0) is 4.74 Å². The first-order valence-corrected chi connectivity index (χ1v) is 8.68. The Bertz CT molecular complexity index is 894. The molecule has 1 amide bonds. The fourth-order valence-electron chi connectivity index (χ4n) is 3.26. The summed E-state index contributed by atoms with van der Waals surface area (Å²) in [4.78, 5) is 32.4. The Labute approximate surface area is 143 Å². The highest BCUT2D eigenvalue weighted by atomic mass is 32.1. The van der Waals surface area contributed by atoms with Crippen LogP contribution in [-0.4, -0.2) is 46.6 Å². The number of ether oxygens (including phenoxy) is 1. The number of amides is 1. The molecule has 1 aliphatic heterocycles. The second-order valence-electron chi connectivity index (χ2n) is 6.59. The van der Waals surface area contributed by atoms with Gasteiger partial charge in [0.15, 0.2) is 4.77 Å². The molecule has 1 saturated carbocycles. The predicted molar refractivity (Wildman–Crippen MR) is 92.7 cm³/mol. The van der Waals surface area contributed by atoms with Crippen LogP contribution in [0.5, 0.6) is 0 Å². The Morgan fingerprint density at radius 1 is 1.29 bits per heavy atom. The summed E-state index contributed by atoms with van der Waals surface area (Å²) in [5.74, 6) is 0.439.